The molecule has 1 N–H and O–H groups in total. The minimum absolute atomic E-state index is 0.109. The number of nitrogens with one attached hydrogen (secondary N) is 1. The zero-order valence-corrected chi connectivity index (χ0v) is 15.7. The van der Waals surface area contributed by atoms with Crippen molar-refractivity contribution < 1.29 is 9.59 Å². The van der Waals surface area contributed by atoms with Crippen molar-refractivity contribution in [2.45, 2.75) is 19.0 Å². The van der Waals surface area contributed by atoms with Crippen LogP contribution < -0.4 is 5.32 Å². The minimum Gasteiger partial charge on any atom is -0.347 e. The van der Waals surface area contributed by atoms with Crippen molar-refractivity contribution in [2.75, 3.05) is 5.75 Å². The van der Waals surface area contributed by atoms with Crippen molar-refractivity contribution in [1.29, 1.82) is 0 Å². The van der Waals surface area contributed by atoms with E-state index < -0.39 is 5.91 Å². The highest BCUT2D eigenvalue weighted by atomic mass is 32.2. The fraction of sp³-hybridized carbons (Fsp3) is 0.211. The van der Waals surface area contributed by atoms with E-state index in [-0.39, 0.29) is 11.7 Å². The lowest BCUT2D eigenvalue weighted by atomic mass is 10.1. The van der Waals surface area contributed by atoms with Crippen molar-refractivity contribution >= 4 is 23.6 Å². The Morgan fingerprint density at radius 2 is 1.96 bits per heavy atom. The van der Waals surface area contributed by atoms with E-state index in [1.807, 2.05) is 22.9 Å². The number of rotatable bonds is 5. The molecule has 0 fully saturated rings. The van der Waals surface area contributed by atoms with Crippen LogP contribution in [0.25, 0.3) is 5.69 Å². The number of imide groups is 1. The number of hydrogen-bond donors (Lipinski definition) is 1. The fourth-order valence-corrected chi connectivity index (χ4v) is 3.40. The van der Waals surface area contributed by atoms with E-state index in [4.69, 9.17) is 0 Å². The van der Waals surface area contributed by atoms with Crippen LogP contribution >= 0.6 is 11.8 Å². The summed E-state index contributed by atoms with van der Waals surface area (Å²) in [4.78, 5) is 28.5. The third kappa shape index (κ3) is 3.72. The first-order valence-corrected chi connectivity index (χ1v) is 9.14. The number of nitrogens with zero attached hydrogens (tertiary/aromatic N) is 3. The number of carbonyl (C=O) groups is 2. The highest BCUT2D eigenvalue weighted by molar-refractivity contribution is 7.99. The molecular weight excluding hydrogens is 348 g/mol. The van der Waals surface area contributed by atoms with Gasteiger partial charge in [0.1, 0.15) is 5.69 Å². The normalized spacial score (nSPS) is 10.7. The molecule has 2 heterocycles. The average molecular weight is 368 g/mol. The number of imidazole rings is 1. The van der Waals surface area contributed by atoms with Gasteiger partial charge in [-0.1, -0.05) is 23.9 Å². The molecule has 7 heteroatoms. The molecule has 0 atom stereocenters. The van der Waals surface area contributed by atoms with Crippen molar-refractivity contribution in [3.8, 4) is 5.69 Å². The number of amides is 2. The van der Waals surface area contributed by atoms with E-state index in [1.54, 1.807) is 36.1 Å². The average Bonchev–Trinajstić information content (AvgIpc) is 3.24. The zero-order chi connectivity index (χ0) is 18.7. The van der Waals surface area contributed by atoms with Gasteiger partial charge in [-0.15, -0.1) is 0 Å². The van der Waals surface area contributed by atoms with Gasteiger partial charge in [0.25, 0.3) is 5.91 Å². The summed E-state index contributed by atoms with van der Waals surface area (Å²) in [5, 5.41) is 3.12. The number of benzene rings is 1. The first-order chi connectivity index (χ1) is 12.5. The summed E-state index contributed by atoms with van der Waals surface area (Å²) < 4.78 is 3.63. The molecule has 0 aliphatic rings. The van der Waals surface area contributed by atoms with Crippen LogP contribution in [0.3, 0.4) is 0 Å². The standard InChI is InChI=1S/C19H20N4O2S/c1-13-6-4-7-15(14(13)2)23-11-9-20-19(23)26-12-17(24)21-18(25)16-8-5-10-22(16)3/h4-11H,12H2,1-3H3,(H,21,24,25). The largest absolute Gasteiger partial charge is 0.347 e. The fourth-order valence-electron chi connectivity index (χ4n) is 2.63. The van der Waals surface area contributed by atoms with Crippen molar-refractivity contribution in [3.05, 3.63) is 65.7 Å². The second-order valence-electron chi connectivity index (χ2n) is 5.97. The van der Waals surface area contributed by atoms with Gasteiger partial charge in [-0.05, 0) is 43.2 Å². The van der Waals surface area contributed by atoms with Crippen molar-refractivity contribution in [2.24, 2.45) is 7.05 Å². The van der Waals surface area contributed by atoms with Crippen molar-refractivity contribution in [1.82, 2.24) is 19.4 Å². The molecule has 6 nitrogen and oxygen atoms in total. The Morgan fingerprint density at radius 1 is 1.15 bits per heavy atom. The number of hydrogen-bond acceptors (Lipinski definition) is 4. The molecule has 2 amide bonds. The zero-order valence-electron chi connectivity index (χ0n) is 14.9. The Hall–Kier alpha value is -2.80. The molecule has 0 bridgehead atoms. The lowest BCUT2D eigenvalue weighted by molar-refractivity contribution is -0.117. The molecule has 0 saturated carbocycles. The van der Waals surface area contributed by atoms with Crippen LogP contribution in [0.5, 0.6) is 0 Å². The Balaban J connectivity index is 1.67. The summed E-state index contributed by atoms with van der Waals surface area (Å²) in [6.45, 7) is 4.12. The second-order valence-corrected chi connectivity index (χ2v) is 6.91. The maximum Gasteiger partial charge on any atom is 0.274 e. The summed E-state index contributed by atoms with van der Waals surface area (Å²) in [6.07, 6.45) is 5.34. The molecule has 2 aromatic heterocycles. The lowest BCUT2D eigenvalue weighted by Crippen LogP contribution is -2.33. The van der Waals surface area contributed by atoms with E-state index in [9.17, 15) is 9.59 Å². The van der Waals surface area contributed by atoms with E-state index in [0.29, 0.717) is 10.9 Å². The summed E-state index contributed by atoms with van der Waals surface area (Å²) >= 11 is 1.30. The second kappa shape index (κ2) is 7.61. The van der Waals surface area contributed by atoms with E-state index >= 15 is 0 Å². The number of carbonyl (C=O) groups excluding carboxylic acids is 2. The Labute approximate surface area is 156 Å². The predicted molar refractivity (Wildman–Crippen MR) is 102 cm³/mol. The van der Waals surface area contributed by atoms with E-state index in [2.05, 4.69) is 30.2 Å². The monoisotopic (exact) mass is 368 g/mol. The highest BCUT2D eigenvalue weighted by Gasteiger charge is 2.15. The SMILES string of the molecule is Cc1cccc(-n2ccnc2SCC(=O)NC(=O)c2cccn2C)c1C. The molecule has 1 aromatic carbocycles. The van der Waals surface area contributed by atoms with E-state index in [0.717, 1.165) is 11.3 Å². The molecule has 3 rings (SSSR count). The molecule has 0 aliphatic carbocycles. The van der Waals surface area contributed by atoms with Gasteiger partial charge < -0.3 is 4.57 Å². The van der Waals surface area contributed by atoms with E-state index in [1.165, 1.54) is 17.3 Å². The molecule has 0 aliphatic heterocycles. The topological polar surface area (TPSA) is 68.9 Å². The summed E-state index contributed by atoms with van der Waals surface area (Å²) in [5.74, 6) is -0.643. The smallest absolute Gasteiger partial charge is 0.274 e. The number of aryl methyl sites for hydroxylation is 2. The van der Waals surface area contributed by atoms with Gasteiger partial charge in [0.05, 0.1) is 11.4 Å². The van der Waals surface area contributed by atoms with Crippen LogP contribution in [0.15, 0.2) is 54.1 Å². The van der Waals surface area contributed by atoms with Crippen LogP contribution in [0, 0.1) is 13.8 Å². The Morgan fingerprint density at radius 3 is 2.69 bits per heavy atom. The first-order valence-electron chi connectivity index (χ1n) is 8.15. The highest BCUT2D eigenvalue weighted by Crippen LogP contribution is 2.24. The van der Waals surface area contributed by atoms with Gasteiger partial charge in [-0.3, -0.25) is 19.5 Å². The van der Waals surface area contributed by atoms with Gasteiger partial charge in [-0.2, -0.15) is 0 Å². The number of thioether (sulfide) groups is 1. The molecule has 0 unspecified atom stereocenters. The third-order valence-electron chi connectivity index (χ3n) is 4.20. The quantitative estimate of drug-likeness (QED) is 0.703. The molecule has 26 heavy (non-hydrogen) atoms. The van der Waals surface area contributed by atoms with Crippen LogP contribution in [-0.4, -0.2) is 31.7 Å². The van der Waals surface area contributed by atoms with Gasteiger partial charge in [0.15, 0.2) is 5.16 Å². The molecule has 134 valence electrons. The molecule has 0 radical (unpaired) electrons. The Kier molecular flexibility index (Phi) is 5.27. The van der Waals surface area contributed by atoms with Crippen LogP contribution in [0.2, 0.25) is 0 Å². The van der Waals surface area contributed by atoms with Gasteiger partial charge in [-0.25, -0.2) is 4.98 Å². The predicted octanol–water partition coefficient (Wildman–Crippen LogP) is 2.88. The van der Waals surface area contributed by atoms with Gasteiger partial charge in [0, 0.05) is 25.6 Å². The maximum absolute atomic E-state index is 12.1. The third-order valence-corrected chi connectivity index (χ3v) is 5.17. The van der Waals surface area contributed by atoms with Gasteiger partial charge in [0.2, 0.25) is 5.91 Å². The van der Waals surface area contributed by atoms with Crippen LogP contribution in [-0.2, 0) is 11.8 Å². The molecule has 0 spiro atoms. The maximum atomic E-state index is 12.1. The summed E-state index contributed by atoms with van der Waals surface area (Å²) in [7, 11) is 1.76. The van der Waals surface area contributed by atoms with Crippen LogP contribution in [0.4, 0.5) is 0 Å². The number of aromatic nitrogens is 3. The van der Waals surface area contributed by atoms with Crippen molar-refractivity contribution in [3.63, 3.8) is 0 Å². The summed E-state index contributed by atoms with van der Waals surface area (Å²) in [5.41, 5.74) is 3.83. The minimum atomic E-state index is -0.402. The van der Waals surface area contributed by atoms with Crippen LogP contribution in [0.1, 0.15) is 21.6 Å². The Bertz CT molecular complexity index is 958. The molecule has 0 saturated heterocycles. The molecule has 3 aromatic rings. The summed E-state index contributed by atoms with van der Waals surface area (Å²) in [6, 6.07) is 9.51. The molecular formula is C19H20N4O2S. The lowest BCUT2D eigenvalue weighted by Gasteiger charge is -2.12. The first kappa shape index (κ1) is 18.0. The van der Waals surface area contributed by atoms with Gasteiger partial charge >= 0.3 is 0 Å².